The maximum Gasteiger partial charge on any atom is 0.253 e. The third-order valence-corrected chi connectivity index (χ3v) is 3.10. The maximum absolute atomic E-state index is 11.2. The van der Waals surface area contributed by atoms with Gasteiger partial charge in [-0.25, -0.2) is 4.98 Å². The van der Waals surface area contributed by atoms with Crippen LogP contribution in [0.3, 0.4) is 0 Å². The molecule has 0 atom stereocenters. The first-order valence-corrected chi connectivity index (χ1v) is 6.02. The average Bonchev–Trinajstić information content (AvgIpc) is 2.53. The zero-order valence-corrected chi connectivity index (χ0v) is 10.4. The molecular formula is C10H13N5OS. The standard InChI is InChI=1S/C10H13N5OS/c1-6-3-7(15(2)14-6)5-17-10-12-8(11)4-9(16)13-10/h3-4H,5H2,1-2H3,(H3,11,12,13,16). The zero-order chi connectivity index (χ0) is 12.4. The van der Waals surface area contributed by atoms with Crippen molar-refractivity contribution in [1.29, 1.82) is 0 Å². The number of H-pyrrole nitrogens is 1. The highest BCUT2D eigenvalue weighted by molar-refractivity contribution is 7.98. The minimum Gasteiger partial charge on any atom is -0.383 e. The predicted molar refractivity (Wildman–Crippen MR) is 66.8 cm³/mol. The summed E-state index contributed by atoms with van der Waals surface area (Å²) in [5, 5.41) is 4.77. The number of rotatable bonds is 3. The van der Waals surface area contributed by atoms with Gasteiger partial charge < -0.3 is 10.7 Å². The van der Waals surface area contributed by atoms with Crippen molar-refractivity contribution in [3.8, 4) is 0 Å². The fourth-order valence-electron chi connectivity index (χ4n) is 1.46. The van der Waals surface area contributed by atoms with Crippen molar-refractivity contribution >= 4 is 17.6 Å². The number of aromatic amines is 1. The summed E-state index contributed by atoms with van der Waals surface area (Å²) in [6.45, 7) is 1.94. The number of anilines is 1. The van der Waals surface area contributed by atoms with Gasteiger partial charge in [0.15, 0.2) is 5.16 Å². The quantitative estimate of drug-likeness (QED) is 0.618. The fourth-order valence-corrected chi connectivity index (χ4v) is 2.36. The molecule has 0 aromatic carbocycles. The van der Waals surface area contributed by atoms with Crippen molar-refractivity contribution < 1.29 is 0 Å². The Kier molecular flexibility index (Phi) is 3.19. The molecule has 0 saturated carbocycles. The molecule has 2 rings (SSSR count). The summed E-state index contributed by atoms with van der Waals surface area (Å²) in [4.78, 5) is 17.9. The van der Waals surface area contributed by atoms with Crippen molar-refractivity contribution in [3.63, 3.8) is 0 Å². The van der Waals surface area contributed by atoms with Crippen molar-refractivity contribution in [1.82, 2.24) is 19.7 Å². The number of thioether (sulfide) groups is 1. The number of nitrogens with one attached hydrogen (secondary N) is 1. The van der Waals surface area contributed by atoms with Crippen molar-refractivity contribution in [2.24, 2.45) is 7.05 Å². The van der Waals surface area contributed by atoms with E-state index in [1.54, 1.807) is 0 Å². The van der Waals surface area contributed by atoms with Crippen molar-refractivity contribution in [2.75, 3.05) is 5.73 Å². The van der Waals surface area contributed by atoms with Gasteiger partial charge in [-0.15, -0.1) is 0 Å². The Labute approximate surface area is 102 Å². The molecule has 0 saturated heterocycles. The zero-order valence-electron chi connectivity index (χ0n) is 9.60. The number of aryl methyl sites for hydroxylation is 2. The molecule has 3 N–H and O–H groups in total. The normalized spacial score (nSPS) is 10.7. The Balaban J connectivity index is 2.12. The number of aromatic nitrogens is 4. The second-order valence-electron chi connectivity index (χ2n) is 3.66. The molecule has 0 bridgehead atoms. The molecule has 90 valence electrons. The van der Waals surface area contributed by atoms with Crippen molar-refractivity contribution in [3.05, 3.63) is 33.9 Å². The summed E-state index contributed by atoms with van der Waals surface area (Å²) in [6.07, 6.45) is 0. The number of hydrogen-bond donors (Lipinski definition) is 2. The van der Waals surface area contributed by atoms with E-state index in [0.29, 0.717) is 10.9 Å². The van der Waals surface area contributed by atoms with Gasteiger partial charge in [-0.05, 0) is 13.0 Å². The molecule has 0 unspecified atom stereocenters. The Morgan fingerprint density at radius 2 is 2.29 bits per heavy atom. The van der Waals surface area contributed by atoms with Crippen LogP contribution in [-0.4, -0.2) is 19.7 Å². The third-order valence-electron chi connectivity index (χ3n) is 2.20. The second-order valence-corrected chi connectivity index (χ2v) is 4.63. The smallest absolute Gasteiger partial charge is 0.253 e. The lowest BCUT2D eigenvalue weighted by Crippen LogP contribution is -2.09. The van der Waals surface area contributed by atoms with E-state index in [4.69, 9.17) is 5.73 Å². The van der Waals surface area contributed by atoms with E-state index in [-0.39, 0.29) is 11.4 Å². The van der Waals surface area contributed by atoms with E-state index in [1.165, 1.54) is 17.8 Å². The third kappa shape index (κ3) is 2.88. The predicted octanol–water partition coefficient (Wildman–Crippen LogP) is 0.686. The van der Waals surface area contributed by atoms with E-state index in [1.807, 2.05) is 24.7 Å². The topological polar surface area (TPSA) is 89.6 Å². The molecule has 0 radical (unpaired) electrons. The van der Waals surface area contributed by atoms with Gasteiger partial charge in [0, 0.05) is 24.6 Å². The van der Waals surface area contributed by atoms with Gasteiger partial charge in [0.2, 0.25) is 0 Å². The molecule has 2 aromatic rings. The van der Waals surface area contributed by atoms with Gasteiger partial charge in [-0.2, -0.15) is 5.10 Å². The van der Waals surface area contributed by atoms with E-state index in [9.17, 15) is 4.79 Å². The molecule has 17 heavy (non-hydrogen) atoms. The van der Waals surface area contributed by atoms with E-state index in [2.05, 4.69) is 15.1 Å². The van der Waals surface area contributed by atoms with Gasteiger partial charge in [-0.3, -0.25) is 9.48 Å². The highest BCUT2D eigenvalue weighted by Crippen LogP contribution is 2.18. The van der Waals surface area contributed by atoms with Crippen LogP contribution in [0.1, 0.15) is 11.4 Å². The average molecular weight is 251 g/mol. The first-order chi connectivity index (χ1) is 8.04. The van der Waals surface area contributed by atoms with Crippen LogP contribution in [0, 0.1) is 6.92 Å². The molecule has 2 aromatic heterocycles. The summed E-state index contributed by atoms with van der Waals surface area (Å²) >= 11 is 1.42. The second kappa shape index (κ2) is 4.62. The van der Waals surface area contributed by atoms with Gasteiger partial charge in [0.05, 0.1) is 5.69 Å². The van der Waals surface area contributed by atoms with Crippen LogP contribution in [0.15, 0.2) is 22.1 Å². The largest absolute Gasteiger partial charge is 0.383 e. The molecular weight excluding hydrogens is 238 g/mol. The minimum absolute atomic E-state index is 0.234. The highest BCUT2D eigenvalue weighted by atomic mass is 32.2. The van der Waals surface area contributed by atoms with Crippen LogP contribution in [0.5, 0.6) is 0 Å². The molecule has 0 amide bonds. The molecule has 6 nitrogen and oxygen atoms in total. The van der Waals surface area contributed by atoms with E-state index < -0.39 is 0 Å². The van der Waals surface area contributed by atoms with Crippen LogP contribution < -0.4 is 11.3 Å². The molecule has 7 heteroatoms. The van der Waals surface area contributed by atoms with Gasteiger partial charge in [0.25, 0.3) is 5.56 Å². The molecule has 2 heterocycles. The molecule has 0 spiro atoms. The summed E-state index contributed by atoms with van der Waals surface area (Å²) in [7, 11) is 1.89. The van der Waals surface area contributed by atoms with E-state index >= 15 is 0 Å². The molecule has 0 aliphatic carbocycles. The van der Waals surface area contributed by atoms with Gasteiger partial charge >= 0.3 is 0 Å². The van der Waals surface area contributed by atoms with Crippen LogP contribution in [0.4, 0.5) is 5.82 Å². The first kappa shape index (κ1) is 11.7. The van der Waals surface area contributed by atoms with Crippen LogP contribution in [0.2, 0.25) is 0 Å². The Bertz CT molecular complexity index is 589. The summed E-state index contributed by atoms with van der Waals surface area (Å²) in [6, 6.07) is 3.26. The Morgan fingerprint density at radius 1 is 1.53 bits per heavy atom. The lowest BCUT2D eigenvalue weighted by Gasteiger charge is -2.01. The molecule has 0 aliphatic heterocycles. The van der Waals surface area contributed by atoms with Gasteiger partial charge in [0.1, 0.15) is 5.82 Å². The van der Waals surface area contributed by atoms with Gasteiger partial charge in [-0.1, -0.05) is 11.8 Å². The number of nitrogens with two attached hydrogens (primary N) is 1. The molecule has 0 fully saturated rings. The molecule has 0 aliphatic rings. The van der Waals surface area contributed by atoms with Crippen LogP contribution in [-0.2, 0) is 12.8 Å². The summed E-state index contributed by atoms with van der Waals surface area (Å²) in [5.74, 6) is 0.918. The SMILES string of the molecule is Cc1cc(CSc2nc(N)cc(=O)[nH]2)n(C)n1. The Hall–Kier alpha value is -1.76. The lowest BCUT2D eigenvalue weighted by molar-refractivity contribution is 0.727. The van der Waals surface area contributed by atoms with Crippen LogP contribution >= 0.6 is 11.8 Å². The summed E-state index contributed by atoms with van der Waals surface area (Å²) in [5.41, 5.74) is 7.30. The monoisotopic (exact) mass is 251 g/mol. The van der Waals surface area contributed by atoms with Crippen molar-refractivity contribution in [2.45, 2.75) is 17.8 Å². The fraction of sp³-hybridized carbons (Fsp3) is 0.300. The minimum atomic E-state index is -0.235. The van der Waals surface area contributed by atoms with E-state index in [0.717, 1.165) is 11.4 Å². The first-order valence-electron chi connectivity index (χ1n) is 5.04. The Morgan fingerprint density at radius 3 is 2.88 bits per heavy atom. The number of nitrogen functional groups attached to an aromatic ring is 1. The maximum atomic E-state index is 11.2. The lowest BCUT2D eigenvalue weighted by atomic mass is 10.4. The highest BCUT2D eigenvalue weighted by Gasteiger charge is 2.05. The number of hydrogen-bond acceptors (Lipinski definition) is 5. The number of nitrogens with zero attached hydrogens (tertiary/aromatic N) is 3. The van der Waals surface area contributed by atoms with Crippen LogP contribution in [0.25, 0.3) is 0 Å². The summed E-state index contributed by atoms with van der Waals surface area (Å²) < 4.78 is 1.81.